The molecule has 0 bridgehead atoms. The largest absolute Gasteiger partial charge is 0.508 e. The van der Waals surface area contributed by atoms with E-state index in [2.05, 4.69) is 15.5 Å². The van der Waals surface area contributed by atoms with E-state index < -0.39 is 0 Å². The van der Waals surface area contributed by atoms with E-state index in [-0.39, 0.29) is 5.75 Å². The first kappa shape index (κ1) is 19.9. The van der Waals surface area contributed by atoms with Crippen LogP contribution in [0.25, 0.3) is 11.3 Å². The van der Waals surface area contributed by atoms with Gasteiger partial charge in [0.1, 0.15) is 11.6 Å². The van der Waals surface area contributed by atoms with Crippen LogP contribution in [0.1, 0.15) is 5.56 Å². The van der Waals surface area contributed by atoms with Gasteiger partial charge in [0.25, 0.3) is 0 Å². The summed E-state index contributed by atoms with van der Waals surface area (Å²) in [6, 6.07) is 14.8. The van der Waals surface area contributed by atoms with E-state index >= 15 is 0 Å². The molecule has 1 fully saturated rings. The maximum atomic E-state index is 9.90. The fourth-order valence-electron chi connectivity index (χ4n) is 3.39. The number of phenolic OH excluding ortho intramolecular Hbond substituents is 1. The first-order valence-corrected chi connectivity index (χ1v) is 9.93. The molecule has 2 aromatic carbocycles. The Morgan fingerprint density at radius 3 is 2.70 bits per heavy atom. The molecule has 1 saturated heterocycles. The minimum Gasteiger partial charge on any atom is -0.508 e. The molecule has 8 heteroatoms. The van der Waals surface area contributed by atoms with Crippen molar-refractivity contribution in [1.82, 2.24) is 15.3 Å². The lowest BCUT2D eigenvalue weighted by molar-refractivity contribution is 0.122. The fourth-order valence-corrected chi connectivity index (χ4v) is 3.39. The van der Waals surface area contributed by atoms with E-state index in [0.717, 1.165) is 41.3 Å². The smallest absolute Gasteiger partial charge is 0.228 e. The van der Waals surface area contributed by atoms with E-state index in [9.17, 15) is 5.11 Å². The number of hydrogen-bond acceptors (Lipinski definition) is 8. The van der Waals surface area contributed by atoms with Gasteiger partial charge in [0.2, 0.25) is 5.95 Å². The van der Waals surface area contributed by atoms with Crippen molar-refractivity contribution in [1.29, 1.82) is 0 Å². The molecular weight excluding hydrogens is 380 g/mol. The highest BCUT2D eigenvalue weighted by atomic mass is 16.5. The van der Waals surface area contributed by atoms with Crippen LogP contribution in [0.3, 0.4) is 0 Å². The van der Waals surface area contributed by atoms with Crippen LogP contribution in [-0.2, 0) is 11.3 Å². The van der Waals surface area contributed by atoms with Crippen LogP contribution in [0.15, 0.2) is 48.5 Å². The number of nitrogens with two attached hydrogens (primary N) is 1. The number of benzene rings is 2. The molecule has 5 N–H and O–H groups in total. The van der Waals surface area contributed by atoms with Crippen molar-refractivity contribution < 1.29 is 9.84 Å². The summed E-state index contributed by atoms with van der Waals surface area (Å²) < 4.78 is 5.46. The molecule has 156 valence electrons. The van der Waals surface area contributed by atoms with Crippen molar-refractivity contribution in [2.75, 3.05) is 49.3 Å². The van der Waals surface area contributed by atoms with Gasteiger partial charge >= 0.3 is 0 Å². The maximum Gasteiger partial charge on any atom is 0.228 e. The van der Waals surface area contributed by atoms with Gasteiger partial charge in [-0.05, 0) is 42.9 Å². The number of morpholine rings is 1. The SMILES string of the molecule is CNCc1cc(Nc2cc(-c3cccc(O)c3)nc(N3CCOCC3)n2)ccc1N. The molecule has 0 amide bonds. The Kier molecular flexibility index (Phi) is 5.97. The molecule has 1 aliphatic rings. The minimum atomic E-state index is 0.198. The van der Waals surface area contributed by atoms with Gasteiger partial charge in [-0.2, -0.15) is 4.98 Å². The van der Waals surface area contributed by atoms with Gasteiger partial charge in [-0.1, -0.05) is 12.1 Å². The summed E-state index contributed by atoms with van der Waals surface area (Å²) in [7, 11) is 1.89. The van der Waals surface area contributed by atoms with Gasteiger partial charge in [-0.15, -0.1) is 0 Å². The van der Waals surface area contributed by atoms with E-state index in [0.29, 0.717) is 31.5 Å². The molecule has 1 aliphatic heterocycles. The van der Waals surface area contributed by atoms with E-state index in [1.165, 1.54) is 0 Å². The quantitative estimate of drug-likeness (QED) is 0.463. The van der Waals surface area contributed by atoms with Crippen LogP contribution in [0, 0.1) is 0 Å². The number of rotatable bonds is 6. The normalized spacial score (nSPS) is 14.0. The molecule has 4 rings (SSSR count). The van der Waals surface area contributed by atoms with Crippen LogP contribution in [0.2, 0.25) is 0 Å². The van der Waals surface area contributed by atoms with Crippen molar-refractivity contribution in [3.05, 3.63) is 54.1 Å². The number of hydrogen-bond donors (Lipinski definition) is 4. The van der Waals surface area contributed by atoms with Crippen molar-refractivity contribution >= 4 is 23.1 Å². The lowest BCUT2D eigenvalue weighted by Crippen LogP contribution is -2.37. The molecule has 0 saturated carbocycles. The summed E-state index contributed by atoms with van der Waals surface area (Å²) in [6.45, 7) is 3.44. The zero-order valence-corrected chi connectivity index (χ0v) is 16.9. The highest BCUT2D eigenvalue weighted by Gasteiger charge is 2.17. The molecule has 0 spiro atoms. The third kappa shape index (κ3) is 4.61. The topological polar surface area (TPSA) is 109 Å². The Bertz CT molecular complexity index is 1020. The zero-order valence-electron chi connectivity index (χ0n) is 16.9. The summed E-state index contributed by atoms with van der Waals surface area (Å²) in [4.78, 5) is 11.6. The second kappa shape index (κ2) is 8.98. The molecule has 8 nitrogen and oxygen atoms in total. The number of anilines is 4. The Morgan fingerprint density at radius 1 is 1.10 bits per heavy atom. The zero-order chi connectivity index (χ0) is 20.9. The predicted molar refractivity (Wildman–Crippen MR) is 119 cm³/mol. The Labute approximate surface area is 175 Å². The van der Waals surface area contributed by atoms with Gasteiger partial charge in [-0.3, -0.25) is 0 Å². The fraction of sp³-hybridized carbons (Fsp3) is 0.273. The summed E-state index contributed by atoms with van der Waals surface area (Å²) in [5, 5.41) is 16.4. The average Bonchev–Trinajstić information content (AvgIpc) is 2.77. The highest BCUT2D eigenvalue weighted by Crippen LogP contribution is 2.28. The Morgan fingerprint density at radius 2 is 1.93 bits per heavy atom. The van der Waals surface area contributed by atoms with Crippen LogP contribution in [-0.4, -0.2) is 48.4 Å². The number of nitrogen functional groups attached to an aromatic ring is 1. The van der Waals surface area contributed by atoms with Crippen LogP contribution in [0.5, 0.6) is 5.75 Å². The van der Waals surface area contributed by atoms with E-state index in [4.69, 9.17) is 20.4 Å². The highest BCUT2D eigenvalue weighted by molar-refractivity contribution is 5.69. The summed E-state index contributed by atoms with van der Waals surface area (Å²) in [6.07, 6.45) is 0. The molecule has 30 heavy (non-hydrogen) atoms. The third-order valence-electron chi connectivity index (χ3n) is 4.93. The average molecular weight is 406 g/mol. The second-order valence-corrected chi connectivity index (χ2v) is 7.16. The lowest BCUT2D eigenvalue weighted by atomic mass is 10.1. The molecule has 0 atom stereocenters. The van der Waals surface area contributed by atoms with Crippen LogP contribution in [0.4, 0.5) is 23.1 Å². The van der Waals surface area contributed by atoms with E-state index in [1.54, 1.807) is 18.2 Å². The molecule has 0 radical (unpaired) electrons. The van der Waals surface area contributed by atoms with Crippen molar-refractivity contribution in [3.63, 3.8) is 0 Å². The molecule has 1 aromatic heterocycles. The maximum absolute atomic E-state index is 9.90. The van der Waals surface area contributed by atoms with Gasteiger partial charge < -0.3 is 31.1 Å². The number of nitrogens with one attached hydrogen (secondary N) is 2. The van der Waals surface area contributed by atoms with Crippen LogP contribution < -0.4 is 21.3 Å². The number of aromatic nitrogens is 2. The first-order chi connectivity index (χ1) is 14.6. The second-order valence-electron chi connectivity index (χ2n) is 7.16. The molecule has 0 aliphatic carbocycles. The minimum absolute atomic E-state index is 0.198. The monoisotopic (exact) mass is 406 g/mol. The van der Waals surface area contributed by atoms with Gasteiger partial charge in [0.15, 0.2) is 0 Å². The Balaban J connectivity index is 1.71. The lowest BCUT2D eigenvalue weighted by Gasteiger charge is -2.27. The van der Waals surface area contributed by atoms with Gasteiger partial charge in [0, 0.05) is 42.6 Å². The van der Waals surface area contributed by atoms with Crippen molar-refractivity contribution in [2.45, 2.75) is 6.54 Å². The number of aromatic hydroxyl groups is 1. The predicted octanol–water partition coefficient (Wildman–Crippen LogP) is 2.73. The summed E-state index contributed by atoms with van der Waals surface area (Å²) >= 11 is 0. The number of phenols is 1. The summed E-state index contributed by atoms with van der Waals surface area (Å²) in [5.41, 5.74) is 10.3. The summed E-state index contributed by atoms with van der Waals surface area (Å²) in [5.74, 6) is 1.50. The number of ether oxygens (including phenoxy) is 1. The Hall–Kier alpha value is -3.36. The number of nitrogens with zero attached hydrogens (tertiary/aromatic N) is 3. The molecule has 0 unspecified atom stereocenters. The standard InChI is InChI=1S/C22H26N6O2/c1-24-14-16-11-17(5-6-19(16)23)25-21-13-20(15-3-2-4-18(29)12-15)26-22(27-21)28-7-9-30-10-8-28/h2-6,11-13,24,29H,7-10,14,23H2,1H3,(H,25,26,27). The van der Waals surface area contributed by atoms with Crippen molar-refractivity contribution in [2.24, 2.45) is 0 Å². The van der Waals surface area contributed by atoms with Crippen LogP contribution >= 0.6 is 0 Å². The van der Waals surface area contributed by atoms with Crippen molar-refractivity contribution in [3.8, 4) is 17.0 Å². The first-order valence-electron chi connectivity index (χ1n) is 9.93. The molecule has 2 heterocycles. The van der Waals surface area contributed by atoms with Gasteiger partial charge in [0.05, 0.1) is 18.9 Å². The molecule has 3 aromatic rings. The van der Waals surface area contributed by atoms with Gasteiger partial charge in [-0.25, -0.2) is 4.98 Å². The third-order valence-corrected chi connectivity index (χ3v) is 4.93. The van der Waals surface area contributed by atoms with E-state index in [1.807, 2.05) is 37.4 Å². The molecular formula is C22H26N6O2.